The van der Waals surface area contributed by atoms with Crippen molar-refractivity contribution in [3.8, 4) is 0 Å². The molecule has 0 aromatic carbocycles. The van der Waals surface area contributed by atoms with Crippen molar-refractivity contribution in [3.63, 3.8) is 0 Å². The summed E-state index contributed by atoms with van der Waals surface area (Å²) in [7, 11) is 0. The van der Waals surface area contributed by atoms with Gasteiger partial charge in [-0.2, -0.15) is 5.10 Å². The van der Waals surface area contributed by atoms with Crippen LogP contribution in [0.5, 0.6) is 0 Å². The molecule has 1 N–H and O–H groups in total. The summed E-state index contributed by atoms with van der Waals surface area (Å²) in [4.78, 5) is 17.1. The molecule has 2 aromatic heterocycles. The Hall–Kier alpha value is -1.91. The second-order valence-electron chi connectivity index (χ2n) is 5.36. The molecule has 0 unspecified atom stereocenters. The Morgan fingerprint density at radius 2 is 2.20 bits per heavy atom. The molecule has 0 spiro atoms. The molecular weight excluding hydrogens is 252 g/mol. The van der Waals surface area contributed by atoms with Crippen LogP contribution in [-0.2, 0) is 13.0 Å². The second-order valence-corrected chi connectivity index (χ2v) is 5.36. The van der Waals surface area contributed by atoms with Crippen LogP contribution in [-0.4, -0.2) is 26.7 Å². The monoisotopic (exact) mass is 272 g/mol. The molecule has 5 nitrogen and oxygen atoms in total. The summed E-state index contributed by atoms with van der Waals surface area (Å²) in [5.41, 5.74) is 3.35. The van der Waals surface area contributed by atoms with Crippen LogP contribution in [0.25, 0.3) is 11.0 Å². The Morgan fingerprint density at radius 3 is 2.80 bits per heavy atom. The molecule has 1 aliphatic rings. The van der Waals surface area contributed by atoms with Gasteiger partial charge in [-0.3, -0.25) is 4.79 Å². The van der Waals surface area contributed by atoms with Gasteiger partial charge in [0.1, 0.15) is 0 Å². The summed E-state index contributed by atoms with van der Waals surface area (Å²) in [6.07, 6.45) is 3.00. The first-order valence-electron chi connectivity index (χ1n) is 7.32. The predicted molar refractivity (Wildman–Crippen MR) is 77.8 cm³/mol. The van der Waals surface area contributed by atoms with Crippen LogP contribution >= 0.6 is 0 Å². The number of carbonyl (C=O) groups is 1. The Bertz CT molecular complexity index is 670. The lowest BCUT2D eigenvalue weighted by Crippen LogP contribution is -2.26. The van der Waals surface area contributed by atoms with E-state index in [0.29, 0.717) is 6.04 Å². The average Bonchev–Trinajstić information content (AvgIpc) is 3.20. The maximum absolute atomic E-state index is 12.5. The average molecular weight is 272 g/mol. The number of aromatic nitrogens is 3. The fourth-order valence-corrected chi connectivity index (χ4v) is 2.48. The van der Waals surface area contributed by atoms with Crippen molar-refractivity contribution >= 4 is 16.9 Å². The molecule has 0 aliphatic heterocycles. The SMILES string of the molecule is CCc1cc(C(=O)NC2CC2)c2c(C)nn(CC)c2n1. The van der Waals surface area contributed by atoms with Crippen LogP contribution < -0.4 is 5.32 Å². The van der Waals surface area contributed by atoms with E-state index in [1.165, 1.54) is 0 Å². The van der Waals surface area contributed by atoms with E-state index in [-0.39, 0.29) is 5.91 Å². The van der Waals surface area contributed by atoms with E-state index in [1.807, 2.05) is 24.6 Å². The molecule has 2 heterocycles. The van der Waals surface area contributed by atoms with Gasteiger partial charge in [-0.1, -0.05) is 6.92 Å². The number of fused-ring (bicyclic) bond motifs is 1. The minimum absolute atomic E-state index is 0.00773. The van der Waals surface area contributed by atoms with Crippen molar-refractivity contribution in [2.24, 2.45) is 0 Å². The van der Waals surface area contributed by atoms with E-state index >= 15 is 0 Å². The molecule has 20 heavy (non-hydrogen) atoms. The number of nitrogens with zero attached hydrogens (tertiary/aromatic N) is 3. The molecule has 1 amide bonds. The van der Waals surface area contributed by atoms with E-state index in [4.69, 9.17) is 0 Å². The second kappa shape index (κ2) is 4.89. The van der Waals surface area contributed by atoms with Crippen molar-refractivity contribution in [2.45, 2.75) is 52.6 Å². The van der Waals surface area contributed by atoms with Crippen molar-refractivity contribution in [3.05, 3.63) is 23.0 Å². The lowest BCUT2D eigenvalue weighted by molar-refractivity contribution is 0.0952. The maximum Gasteiger partial charge on any atom is 0.252 e. The topological polar surface area (TPSA) is 59.8 Å². The van der Waals surface area contributed by atoms with Crippen molar-refractivity contribution in [2.75, 3.05) is 0 Å². The van der Waals surface area contributed by atoms with Gasteiger partial charge in [-0.05, 0) is 39.2 Å². The summed E-state index contributed by atoms with van der Waals surface area (Å²) >= 11 is 0. The van der Waals surface area contributed by atoms with Crippen molar-refractivity contribution in [1.82, 2.24) is 20.1 Å². The maximum atomic E-state index is 12.5. The summed E-state index contributed by atoms with van der Waals surface area (Å²) in [5.74, 6) is 0.00773. The standard InChI is InChI=1S/C15H20N4O/c1-4-10-8-12(15(20)17-11-6-7-11)13-9(3)18-19(5-2)14(13)16-10/h8,11H,4-7H2,1-3H3,(H,17,20). The summed E-state index contributed by atoms with van der Waals surface area (Å²) < 4.78 is 1.87. The zero-order valence-electron chi connectivity index (χ0n) is 12.2. The van der Waals surface area contributed by atoms with E-state index in [1.54, 1.807) is 0 Å². The molecule has 0 saturated heterocycles. The fraction of sp³-hybridized carbons (Fsp3) is 0.533. The molecule has 1 fully saturated rings. The molecule has 5 heteroatoms. The van der Waals surface area contributed by atoms with E-state index in [0.717, 1.165) is 53.8 Å². The number of carbonyl (C=O) groups excluding carboxylic acids is 1. The fourth-order valence-electron chi connectivity index (χ4n) is 2.48. The highest BCUT2D eigenvalue weighted by molar-refractivity contribution is 6.06. The minimum Gasteiger partial charge on any atom is -0.349 e. The van der Waals surface area contributed by atoms with Crippen LogP contribution in [0.4, 0.5) is 0 Å². The molecule has 0 atom stereocenters. The van der Waals surface area contributed by atoms with Gasteiger partial charge >= 0.3 is 0 Å². The van der Waals surface area contributed by atoms with Crippen molar-refractivity contribution < 1.29 is 4.79 Å². The molecule has 0 bridgehead atoms. The van der Waals surface area contributed by atoms with E-state index < -0.39 is 0 Å². The third-order valence-electron chi connectivity index (χ3n) is 3.75. The van der Waals surface area contributed by atoms with Gasteiger partial charge in [0.15, 0.2) is 5.65 Å². The molecule has 1 aliphatic carbocycles. The Labute approximate surface area is 118 Å². The highest BCUT2D eigenvalue weighted by atomic mass is 16.1. The number of nitrogens with one attached hydrogen (secondary N) is 1. The number of aryl methyl sites for hydroxylation is 3. The third-order valence-corrected chi connectivity index (χ3v) is 3.75. The van der Waals surface area contributed by atoms with Gasteiger partial charge in [-0.25, -0.2) is 9.67 Å². The minimum atomic E-state index is 0.00773. The normalized spacial score (nSPS) is 14.8. The highest BCUT2D eigenvalue weighted by Crippen LogP contribution is 2.25. The number of amides is 1. The third kappa shape index (κ3) is 2.17. The van der Waals surface area contributed by atoms with Gasteiger partial charge in [0.2, 0.25) is 0 Å². The van der Waals surface area contributed by atoms with Gasteiger partial charge in [0.05, 0.1) is 16.6 Å². The summed E-state index contributed by atoms with van der Waals surface area (Å²) in [6, 6.07) is 2.27. The van der Waals surface area contributed by atoms with E-state index in [2.05, 4.69) is 22.3 Å². The zero-order chi connectivity index (χ0) is 14.3. The van der Waals surface area contributed by atoms with Gasteiger partial charge in [0.25, 0.3) is 5.91 Å². The van der Waals surface area contributed by atoms with Gasteiger partial charge < -0.3 is 5.32 Å². The van der Waals surface area contributed by atoms with Gasteiger partial charge in [-0.15, -0.1) is 0 Å². The van der Waals surface area contributed by atoms with Gasteiger partial charge in [0, 0.05) is 18.3 Å². The Kier molecular flexibility index (Phi) is 3.20. The summed E-state index contributed by atoms with van der Waals surface area (Å²) in [6.45, 7) is 6.79. The first kappa shape index (κ1) is 13.1. The predicted octanol–water partition coefficient (Wildman–Crippen LogP) is 2.21. The molecule has 0 radical (unpaired) electrons. The number of rotatable bonds is 4. The number of pyridine rings is 1. The molecular formula is C15H20N4O. The molecule has 3 rings (SSSR count). The molecule has 1 saturated carbocycles. The van der Waals surface area contributed by atoms with Crippen LogP contribution in [0.2, 0.25) is 0 Å². The smallest absolute Gasteiger partial charge is 0.252 e. The van der Waals surface area contributed by atoms with Crippen LogP contribution in [0.3, 0.4) is 0 Å². The summed E-state index contributed by atoms with van der Waals surface area (Å²) in [5, 5.41) is 8.45. The van der Waals surface area contributed by atoms with Crippen molar-refractivity contribution in [1.29, 1.82) is 0 Å². The number of hydrogen-bond donors (Lipinski definition) is 1. The van der Waals surface area contributed by atoms with Crippen LogP contribution in [0, 0.1) is 6.92 Å². The Balaban J connectivity index is 2.17. The Morgan fingerprint density at radius 1 is 1.45 bits per heavy atom. The highest BCUT2D eigenvalue weighted by Gasteiger charge is 2.26. The van der Waals surface area contributed by atoms with Crippen LogP contribution in [0.1, 0.15) is 48.4 Å². The first-order chi connectivity index (χ1) is 9.63. The quantitative estimate of drug-likeness (QED) is 0.928. The first-order valence-corrected chi connectivity index (χ1v) is 7.32. The van der Waals surface area contributed by atoms with Crippen LogP contribution in [0.15, 0.2) is 6.07 Å². The molecule has 2 aromatic rings. The van der Waals surface area contributed by atoms with E-state index in [9.17, 15) is 4.79 Å². The zero-order valence-corrected chi connectivity index (χ0v) is 12.2. The largest absolute Gasteiger partial charge is 0.349 e. The lowest BCUT2D eigenvalue weighted by atomic mass is 10.1. The number of hydrogen-bond acceptors (Lipinski definition) is 3. The molecule has 106 valence electrons. The lowest BCUT2D eigenvalue weighted by Gasteiger charge is -2.08.